The van der Waals surface area contributed by atoms with E-state index in [-0.39, 0.29) is 11.3 Å². The van der Waals surface area contributed by atoms with Gasteiger partial charge in [0.05, 0.1) is 5.25 Å². The molecule has 2 rings (SSSR count). The van der Waals surface area contributed by atoms with Crippen molar-refractivity contribution in [2.24, 2.45) is 0 Å². The Kier molecular flexibility index (Phi) is 4.40. The zero-order valence-corrected chi connectivity index (χ0v) is 11.6. The minimum Gasteiger partial charge on any atom is -0.212 e. The molecular formula is C14H21NO2S. The van der Waals surface area contributed by atoms with Crippen LogP contribution in [0.15, 0.2) is 30.3 Å². The van der Waals surface area contributed by atoms with Crippen LogP contribution in [0.25, 0.3) is 0 Å². The Morgan fingerprint density at radius 1 is 1.17 bits per heavy atom. The van der Waals surface area contributed by atoms with Gasteiger partial charge in [-0.15, -0.1) is 0 Å². The first-order valence-corrected chi connectivity index (χ1v) is 8.23. The molecule has 100 valence electrons. The number of benzene rings is 1. The molecule has 3 nitrogen and oxygen atoms in total. The average Bonchev–Trinajstić information content (AvgIpc) is 2.36. The van der Waals surface area contributed by atoms with Crippen LogP contribution in [0, 0.1) is 0 Å². The molecule has 1 aliphatic heterocycles. The quantitative estimate of drug-likeness (QED) is 0.860. The Morgan fingerprint density at radius 3 is 2.50 bits per heavy atom. The van der Waals surface area contributed by atoms with Crippen LogP contribution in [0.3, 0.4) is 0 Å². The Morgan fingerprint density at radius 2 is 1.89 bits per heavy atom. The van der Waals surface area contributed by atoms with E-state index >= 15 is 0 Å². The van der Waals surface area contributed by atoms with E-state index < -0.39 is 10.0 Å². The summed E-state index contributed by atoms with van der Waals surface area (Å²) in [7, 11) is -3.02. The largest absolute Gasteiger partial charge is 0.216 e. The Balaban J connectivity index is 1.90. The number of aryl methyl sites for hydroxylation is 1. The summed E-state index contributed by atoms with van der Waals surface area (Å²) in [6.07, 6.45) is 4.75. The molecule has 0 amide bonds. The molecule has 1 heterocycles. The third-order valence-corrected chi connectivity index (χ3v) is 5.58. The molecule has 0 radical (unpaired) electrons. The van der Waals surface area contributed by atoms with Gasteiger partial charge in [-0.3, -0.25) is 0 Å². The van der Waals surface area contributed by atoms with Crippen molar-refractivity contribution in [1.82, 2.24) is 4.72 Å². The lowest BCUT2D eigenvalue weighted by Crippen LogP contribution is -2.61. The van der Waals surface area contributed by atoms with Crippen molar-refractivity contribution in [1.29, 1.82) is 0 Å². The van der Waals surface area contributed by atoms with Gasteiger partial charge >= 0.3 is 0 Å². The summed E-state index contributed by atoms with van der Waals surface area (Å²) in [5.74, 6) is 0. The molecule has 1 aromatic carbocycles. The zero-order chi connectivity index (χ0) is 13.0. The van der Waals surface area contributed by atoms with E-state index in [0.29, 0.717) is 0 Å². The number of hydrogen-bond acceptors (Lipinski definition) is 2. The van der Waals surface area contributed by atoms with Gasteiger partial charge < -0.3 is 0 Å². The van der Waals surface area contributed by atoms with Gasteiger partial charge in [-0.25, -0.2) is 13.1 Å². The molecular weight excluding hydrogens is 246 g/mol. The van der Waals surface area contributed by atoms with E-state index in [1.807, 2.05) is 18.2 Å². The number of nitrogens with one attached hydrogen (secondary N) is 1. The van der Waals surface area contributed by atoms with E-state index in [9.17, 15) is 8.42 Å². The second-order valence-corrected chi connectivity index (χ2v) is 6.91. The molecule has 0 aromatic heterocycles. The van der Waals surface area contributed by atoms with Crippen molar-refractivity contribution >= 4 is 10.0 Å². The van der Waals surface area contributed by atoms with Crippen molar-refractivity contribution in [3.8, 4) is 0 Å². The van der Waals surface area contributed by atoms with Crippen LogP contribution in [-0.2, 0) is 16.4 Å². The van der Waals surface area contributed by atoms with Crippen LogP contribution in [-0.4, -0.2) is 19.7 Å². The predicted octanol–water partition coefficient (Wildman–Crippen LogP) is 2.48. The maximum Gasteiger partial charge on any atom is 0.216 e. The number of sulfonamides is 1. The second kappa shape index (κ2) is 5.85. The number of hydrogen-bond donors (Lipinski definition) is 1. The minimum atomic E-state index is -3.02. The van der Waals surface area contributed by atoms with E-state index in [4.69, 9.17) is 0 Å². The summed E-state index contributed by atoms with van der Waals surface area (Å²) in [5, 5.41) is -0.191. The highest BCUT2D eigenvalue weighted by Gasteiger charge is 2.43. The molecule has 1 N–H and O–H groups in total. The van der Waals surface area contributed by atoms with E-state index in [0.717, 1.165) is 32.1 Å². The molecule has 0 bridgehead atoms. The van der Waals surface area contributed by atoms with E-state index in [1.54, 1.807) is 0 Å². The van der Waals surface area contributed by atoms with Gasteiger partial charge in [0.25, 0.3) is 0 Å². The lowest BCUT2D eigenvalue weighted by atomic mass is 10.0. The van der Waals surface area contributed by atoms with Gasteiger partial charge in [0.15, 0.2) is 0 Å². The molecule has 1 aromatic rings. The van der Waals surface area contributed by atoms with Crippen molar-refractivity contribution in [2.45, 2.75) is 50.3 Å². The van der Waals surface area contributed by atoms with Crippen LogP contribution in [0.5, 0.6) is 0 Å². The van der Waals surface area contributed by atoms with E-state index in [1.165, 1.54) is 5.56 Å². The van der Waals surface area contributed by atoms with Gasteiger partial charge in [0.1, 0.15) is 0 Å². The predicted molar refractivity (Wildman–Crippen MR) is 73.9 cm³/mol. The minimum absolute atomic E-state index is 0.165. The standard InChI is InChI=1S/C14H21NO2S/c1-2-3-9-13-14(18(16,17)15-13)11-10-12-7-5-4-6-8-12/h4-8,13-15H,2-3,9-11H2,1H3/t13-,14+/m0/s1. The van der Waals surface area contributed by atoms with E-state index in [2.05, 4.69) is 23.8 Å². The van der Waals surface area contributed by atoms with Crippen molar-refractivity contribution < 1.29 is 8.42 Å². The van der Waals surface area contributed by atoms with Gasteiger partial charge in [-0.05, 0) is 24.8 Å². The fourth-order valence-electron chi connectivity index (χ4n) is 2.50. The Hall–Kier alpha value is -0.870. The fraction of sp³-hybridized carbons (Fsp3) is 0.571. The Bertz CT molecular complexity index is 470. The van der Waals surface area contributed by atoms with Crippen molar-refractivity contribution in [3.63, 3.8) is 0 Å². The third-order valence-electron chi connectivity index (χ3n) is 3.59. The first-order valence-electron chi connectivity index (χ1n) is 6.68. The zero-order valence-electron chi connectivity index (χ0n) is 10.8. The normalized spacial score (nSPS) is 25.6. The maximum absolute atomic E-state index is 11.7. The molecule has 0 saturated carbocycles. The summed E-state index contributed by atoms with van der Waals surface area (Å²) in [5.41, 5.74) is 1.22. The Labute approximate surface area is 110 Å². The van der Waals surface area contributed by atoms with Gasteiger partial charge in [0.2, 0.25) is 10.0 Å². The van der Waals surface area contributed by atoms with Crippen LogP contribution in [0.4, 0.5) is 0 Å². The van der Waals surface area contributed by atoms with Crippen LogP contribution < -0.4 is 4.72 Å². The second-order valence-electron chi connectivity index (χ2n) is 4.97. The molecule has 0 spiro atoms. The van der Waals surface area contributed by atoms with Crippen LogP contribution >= 0.6 is 0 Å². The van der Waals surface area contributed by atoms with Crippen molar-refractivity contribution in [2.75, 3.05) is 0 Å². The highest BCUT2D eigenvalue weighted by atomic mass is 32.2. The molecule has 1 saturated heterocycles. The molecule has 1 fully saturated rings. The summed E-state index contributed by atoms with van der Waals surface area (Å²) in [4.78, 5) is 0. The van der Waals surface area contributed by atoms with Crippen LogP contribution in [0.1, 0.15) is 38.2 Å². The van der Waals surface area contributed by atoms with Gasteiger partial charge in [-0.1, -0.05) is 50.1 Å². The van der Waals surface area contributed by atoms with Gasteiger partial charge in [0, 0.05) is 6.04 Å². The molecule has 0 aliphatic carbocycles. The fourth-order valence-corrected chi connectivity index (χ4v) is 4.22. The lowest BCUT2D eigenvalue weighted by molar-refractivity contribution is 0.411. The van der Waals surface area contributed by atoms with Crippen LogP contribution in [0.2, 0.25) is 0 Å². The number of rotatable bonds is 6. The summed E-state index contributed by atoms with van der Waals surface area (Å²) in [6.45, 7) is 2.13. The lowest BCUT2D eigenvalue weighted by Gasteiger charge is -2.37. The molecule has 1 aliphatic rings. The smallest absolute Gasteiger partial charge is 0.212 e. The molecule has 18 heavy (non-hydrogen) atoms. The summed E-state index contributed by atoms with van der Waals surface area (Å²) >= 11 is 0. The first kappa shape index (κ1) is 13.6. The topological polar surface area (TPSA) is 46.2 Å². The highest BCUT2D eigenvalue weighted by Crippen LogP contribution is 2.26. The summed E-state index contributed by atoms with van der Waals surface area (Å²) in [6, 6.07) is 10.3. The maximum atomic E-state index is 11.7. The molecule has 0 unspecified atom stereocenters. The average molecular weight is 267 g/mol. The first-order chi connectivity index (χ1) is 8.63. The van der Waals surface area contributed by atoms with Gasteiger partial charge in [-0.2, -0.15) is 0 Å². The third kappa shape index (κ3) is 3.12. The monoisotopic (exact) mass is 267 g/mol. The summed E-state index contributed by atoms with van der Waals surface area (Å²) < 4.78 is 26.1. The highest BCUT2D eigenvalue weighted by molar-refractivity contribution is 7.91. The molecule has 4 heteroatoms. The SMILES string of the molecule is CCCC[C@@H]1NS(=O)(=O)[C@@H]1CCc1ccccc1. The number of unbranched alkanes of at least 4 members (excludes halogenated alkanes) is 1. The molecule has 2 atom stereocenters. The van der Waals surface area contributed by atoms with Crippen molar-refractivity contribution in [3.05, 3.63) is 35.9 Å².